The summed E-state index contributed by atoms with van der Waals surface area (Å²) < 4.78 is 0. The van der Waals surface area contributed by atoms with Gasteiger partial charge in [-0.3, -0.25) is 9.69 Å². The molecule has 130 valence electrons. The van der Waals surface area contributed by atoms with Gasteiger partial charge >= 0.3 is 0 Å². The van der Waals surface area contributed by atoms with Crippen LogP contribution in [0.3, 0.4) is 0 Å². The molecule has 1 aliphatic heterocycles. The second-order valence-corrected chi connectivity index (χ2v) is 5.94. The molecule has 1 aromatic rings. The zero-order valence-electron chi connectivity index (χ0n) is 13.8. The molecule has 0 spiro atoms. The Morgan fingerprint density at radius 1 is 1.26 bits per heavy atom. The van der Waals surface area contributed by atoms with Crippen LogP contribution >= 0.6 is 12.4 Å². The van der Waals surface area contributed by atoms with Crippen molar-refractivity contribution in [3.8, 4) is 0 Å². The second-order valence-electron chi connectivity index (χ2n) is 5.94. The van der Waals surface area contributed by atoms with Gasteiger partial charge in [0.2, 0.25) is 11.9 Å². The number of halogens is 1. The van der Waals surface area contributed by atoms with Gasteiger partial charge in [0.15, 0.2) is 0 Å². The maximum Gasteiger partial charge on any atom is 0.237 e. The molecule has 1 aromatic heterocycles. The minimum Gasteiger partial charge on any atom is -0.353 e. The van der Waals surface area contributed by atoms with Crippen LogP contribution < -0.4 is 16.0 Å². The number of nitrogens with one attached hydrogen (secondary N) is 1. The predicted molar refractivity (Wildman–Crippen MR) is 93.8 cm³/mol. The molecule has 8 heteroatoms. The van der Waals surface area contributed by atoms with E-state index in [1.807, 2.05) is 19.9 Å². The molecule has 2 rings (SSSR count). The first-order valence-electron chi connectivity index (χ1n) is 7.85. The number of nitrogens with zero attached hydrogens (tertiary/aromatic N) is 4. The fraction of sp³-hybridized carbons (Fsp3) is 0.667. The number of aromatic nitrogens is 2. The van der Waals surface area contributed by atoms with Crippen LogP contribution in [-0.4, -0.2) is 66.1 Å². The number of rotatable bonds is 6. The van der Waals surface area contributed by atoms with Gasteiger partial charge in [0.1, 0.15) is 0 Å². The fourth-order valence-electron chi connectivity index (χ4n) is 2.38. The van der Waals surface area contributed by atoms with Crippen molar-refractivity contribution >= 4 is 24.3 Å². The Hall–Kier alpha value is -1.44. The van der Waals surface area contributed by atoms with Crippen molar-refractivity contribution in [2.75, 3.05) is 44.2 Å². The van der Waals surface area contributed by atoms with Crippen molar-refractivity contribution in [3.63, 3.8) is 0 Å². The molecule has 1 aliphatic rings. The Morgan fingerprint density at radius 2 is 1.87 bits per heavy atom. The van der Waals surface area contributed by atoms with Crippen LogP contribution in [0.15, 0.2) is 18.5 Å². The van der Waals surface area contributed by atoms with Gasteiger partial charge in [-0.25, -0.2) is 9.97 Å². The fourth-order valence-corrected chi connectivity index (χ4v) is 2.38. The average Bonchev–Trinajstić information content (AvgIpc) is 2.55. The van der Waals surface area contributed by atoms with E-state index < -0.39 is 6.04 Å². The molecule has 0 unspecified atom stereocenters. The Morgan fingerprint density at radius 3 is 2.43 bits per heavy atom. The molecule has 1 fully saturated rings. The Kier molecular flexibility index (Phi) is 8.22. The molecule has 0 saturated carbocycles. The van der Waals surface area contributed by atoms with Crippen molar-refractivity contribution in [1.29, 1.82) is 0 Å². The van der Waals surface area contributed by atoms with Gasteiger partial charge in [-0.15, -0.1) is 12.4 Å². The van der Waals surface area contributed by atoms with Crippen LogP contribution in [0, 0.1) is 5.92 Å². The number of amides is 1. The number of carbonyl (C=O) groups excluding carboxylic acids is 1. The lowest BCUT2D eigenvalue weighted by Gasteiger charge is -2.34. The van der Waals surface area contributed by atoms with E-state index in [0.717, 1.165) is 38.7 Å². The lowest BCUT2D eigenvalue weighted by molar-refractivity contribution is -0.123. The number of hydrogen-bond acceptors (Lipinski definition) is 6. The molecule has 1 saturated heterocycles. The SMILES string of the molecule is CC(C)[C@H](N)C(=O)NCCN1CCN(c2ncccn2)CC1.Cl. The van der Waals surface area contributed by atoms with Crippen molar-refractivity contribution in [2.24, 2.45) is 11.7 Å². The summed E-state index contributed by atoms with van der Waals surface area (Å²) in [5.41, 5.74) is 5.82. The van der Waals surface area contributed by atoms with Gasteiger partial charge in [0, 0.05) is 51.7 Å². The summed E-state index contributed by atoms with van der Waals surface area (Å²) in [5, 5.41) is 2.91. The summed E-state index contributed by atoms with van der Waals surface area (Å²) in [6.07, 6.45) is 3.53. The lowest BCUT2D eigenvalue weighted by atomic mass is 10.1. The van der Waals surface area contributed by atoms with E-state index in [0.29, 0.717) is 6.54 Å². The molecular weight excluding hydrogens is 316 g/mol. The quantitative estimate of drug-likeness (QED) is 0.763. The van der Waals surface area contributed by atoms with Crippen molar-refractivity contribution in [3.05, 3.63) is 18.5 Å². The van der Waals surface area contributed by atoms with Gasteiger partial charge in [-0.05, 0) is 12.0 Å². The van der Waals surface area contributed by atoms with E-state index in [9.17, 15) is 4.79 Å². The van der Waals surface area contributed by atoms with Crippen molar-refractivity contribution < 1.29 is 4.79 Å². The van der Waals surface area contributed by atoms with Gasteiger partial charge in [0.25, 0.3) is 0 Å². The molecule has 23 heavy (non-hydrogen) atoms. The molecule has 2 heterocycles. The monoisotopic (exact) mass is 342 g/mol. The van der Waals surface area contributed by atoms with Gasteiger partial charge < -0.3 is 16.0 Å². The second kappa shape index (κ2) is 9.64. The van der Waals surface area contributed by atoms with Crippen LogP contribution in [0.25, 0.3) is 0 Å². The normalized spacial score (nSPS) is 16.8. The first-order valence-corrected chi connectivity index (χ1v) is 7.85. The zero-order valence-corrected chi connectivity index (χ0v) is 14.6. The first-order chi connectivity index (χ1) is 10.6. The smallest absolute Gasteiger partial charge is 0.237 e. The van der Waals surface area contributed by atoms with Crippen LogP contribution in [-0.2, 0) is 4.79 Å². The highest BCUT2D eigenvalue weighted by atomic mass is 35.5. The van der Waals surface area contributed by atoms with Crippen LogP contribution in [0.4, 0.5) is 5.95 Å². The molecule has 1 amide bonds. The molecule has 7 nitrogen and oxygen atoms in total. The van der Waals surface area contributed by atoms with Gasteiger partial charge in [-0.1, -0.05) is 13.8 Å². The van der Waals surface area contributed by atoms with Crippen LogP contribution in [0.1, 0.15) is 13.8 Å². The van der Waals surface area contributed by atoms with Crippen molar-refractivity contribution in [2.45, 2.75) is 19.9 Å². The standard InChI is InChI=1S/C15H26N6O.ClH/c1-12(2)13(16)14(22)17-6-7-20-8-10-21(11-9-20)15-18-4-3-5-19-15;/h3-5,12-13H,6-11,16H2,1-2H3,(H,17,22);1H/t13-;/m0./s1. The predicted octanol–water partition coefficient (Wildman–Crippen LogP) is 0.120. The van der Waals surface area contributed by atoms with Crippen molar-refractivity contribution in [1.82, 2.24) is 20.2 Å². The van der Waals surface area contributed by atoms with Crippen LogP contribution in [0.5, 0.6) is 0 Å². The number of hydrogen-bond donors (Lipinski definition) is 2. The number of anilines is 1. The third-order valence-electron chi connectivity index (χ3n) is 3.96. The lowest BCUT2D eigenvalue weighted by Crippen LogP contribution is -2.50. The first kappa shape index (κ1) is 19.6. The molecule has 0 radical (unpaired) electrons. The summed E-state index contributed by atoms with van der Waals surface area (Å²) in [6.45, 7) is 9.10. The van der Waals surface area contributed by atoms with E-state index in [-0.39, 0.29) is 24.2 Å². The highest BCUT2D eigenvalue weighted by Crippen LogP contribution is 2.09. The third kappa shape index (κ3) is 5.93. The molecule has 3 N–H and O–H groups in total. The Labute approximate surface area is 144 Å². The molecular formula is C15H27ClN6O. The number of piperazine rings is 1. The van der Waals surface area contributed by atoms with Gasteiger partial charge in [-0.2, -0.15) is 0 Å². The van der Waals surface area contributed by atoms with E-state index in [4.69, 9.17) is 5.73 Å². The third-order valence-corrected chi connectivity index (χ3v) is 3.96. The molecule has 1 atom stereocenters. The number of nitrogens with two attached hydrogens (primary N) is 1. The summed E-state index contributed by atoms with van der Waals surface area (Å²) in [6, 6.07) is 1.40. The summed E-state index contributed by atoms with van der Waals surface area (Å²) in [4.78, 5) is 24.9. The topological polar surface area (TPSA) is 87.4 Å². The highest BCUT2D eigenvalue weighted by Gasteiger charge is 2.20. The van der Waals surface area contributed by atoms with E-state index in [2.05, 4.69) is 25.1 Å². The molecule has 0 aliphatic carbocycles. The maximum absolute atomic E-state index is 11.8. The highest BCUT2D eigenvalue weighted by molar-refractivity contribution is 5.85. The van der Waals surface area contributed by atoms with E-state index in [1.165, 1.54) is 0 Å². The Bertz CT molecular complexity index is 464. The van der Waals surface area contributed by atoms with E-state index >= 15 is 0 Å². The molecule has 0 aromatic carbocycles. The largest absolute Gasteiger partial charge is 0.353 e. The Balaban J connectivity index is 0.00000264. The molecule has 0 bridgehead atoms. The summed E-state index contributed by atoms with van der Waals surface area (Å²) in [7, 11) is 0. The van der Waals surface area contributed by atoms with E-state index in [1.54, 1.807) is 12.4 Å². The van der Waals surface area contributed by atoms with Gasteiger partial charge in [0.05, 0.1) is 6.04 Å². The average molecular weight is 343 g/mol. The zero-order chi connectivity index (χ0) is 15.9. The number of carbonyl (C=O) groups is 1. The van der Waals surface area contributed by atoms with Crippen LogP contribution in [0.2, 0.25) is 0 Å². The maximum atomic E-state index is 11.8. The summed E-state index contributed by atoms with van der Waals surface area (Å²) in [5.74, 6) is 0.888. The minimum atomic E-state index is -0.424. The summed E-state index contributed by atoms with van der Waals surface area (Å²) >= 11 is 0. The minimum absolute atomic E-state index is 0.